The highest BCUT2D eigenvalue weighted by atomic mass is 19.1. The molecule has 4 N–H and O–H groups in total. The molecule has 0 radical (unpaired) electrons. The molecular formula is C32H54FN5. The average Bonchev–Trinajstić information content (AvgIpc) is 3.39. The predicted octanol–water partition coefficient (Wildman–Crippen LogP) is 5.62. The summed E-state index contributed by atoms with van der Waals surface area (Å²) in [5.41, 5.74) is 7.38. The highest BCUT2D eigenvalue weighted by Crippen LogP contribution is 2.49. The molecule has 38 heavy (non-hydrogen) atoms. The van der Waals surface area contributed by atoms with Crippen LogP contribution in [0.4, 0.5) is 4.39 Å². The standard InChI is InChI=1S/C32H54FN5/c1-32(2,19-34)23-9-6-20(7-10-23)31-30-27-17-22(8-15-28(27)35-18-29(30)37-38-31)21-4-3-5-26(16-21)36-25-13-11-24(33)12-14-25/h20-31,35-38H,3-18H2,1-2H3. The first kappa shape index (κ1) is 27.4. The SMILES string of the molecule is CC(C)(C#N)C1CCC(C2NNC3CNC4CCC(C5CCCC(NC6CCC(F)CC6)C5)CC4C32)CC1. The molecule has 6 aliphatic rings. The lowest BCUT2D eigenvalue weighted by atomic mass is 9.59. The van der Waals surface area contributed by atoms with Crippen LogP contribution < -0.4 is 21.5 Å². The highest BCUT2D eigenvalue weighted by Gasteiger charge is 2.52. The molecule has 4 saturated carbocycles. The van der Waals surface area contributed by atoms with E-state index in [1.807, 2.05) is 0 Å². The zero-order valence-electron chi connectivity index (χ0n) is 24.1. The number of rotatable bonds is 5. The van der Waals surface area contributed by atoms with E-state index in [-0.39, 0.29) is 5.41 Å². The Labute approximate surface area is 231 Å². The minimum absolute atomic E-state index is 0.190. The van der Waals surface area contributed by atoms with Gasteiger partial charge in [-0.3, -0.25) is 10.9 Å². The van der Waals surface area contributed by atoms with Gasteiger partial charge in [-0.25, -0.2) is 4.39 Å². The molecule has 6 fully saturated rings. The van der Waals surface area contributed by atoms with Gasteiger partial charge in [0.1, 0.15) is 6.17 Å². The number of nitriles is 1. The van der Waals surface area contributed by atoms with Gasteiger partial charge in [0.2, 0.25) is 0 Å². The molecule has 2 saturated heterocycles. The van der Waals surface area contributed by atoms with Crippen molar-refractivity contribution in [3.8, 4) is 6.07 Å². The van der Waals surface area contributed by atoms with Crippen molar-refractivity contribution in [1.82, 2.24) is 21.5 Å². The summed E-state index contributed by atoms with van der Waals surface area (Å²) in [6.07, 6.45) is 17.6. The molecular weight excluding hydrogens is 473 g/mol. The number of nitrogens with one attached hydrogen (secondary N) is 4. The number of fused-ring (bicyclic) bond motifs is 3. The first-order chi connectivity index (χ1) is 18.4. The van der Waals surface area contributed by atoms with Gasteiger partial charge in [-0.1, -0.05) is 12.8 Å². The predicted molar refractivity (Wildman–Crippen MR) is 151 cm³/mol. The molecule has 2 aliphatic heterocycles. The third-order valence-electron chi connectivity index (χ3n) is 12.4. The summed E-state index contributed by atoms with van der Waals surface area (Å²) in [6.45, 7) is 5.39. The lowest BCUT2D eigenvalue weighted by Gasteiger charge is -2.50. The summed E-state index contributed by atoms with van der Waals surface area (Å²) in [5, 5.41) is 17.6. The number of nitrogens with zero attached hydrogens (tertiary/aromatic N) is 1. The maximum absolute atomic E-state index is 13.6. The Morgan fingerprint density at radius 3 is 2.26 bits per heavy atom. The van der Waals surface area contributed by atoms with E-state index in [0.29, 0.717) is 36.1 Å². The lowest BCUT2D eigenvalue weighted by molar-refractivity contribution is 0.0409. The molecule has 8 atom stereocenters. The lowest BCUT2D eigenvalue weighted by Crippen LogP contribution is -2.58. The fourth-order valence-electron chi connectivity index (χ4n) is 10.1. The van der Waals surface area contributed by atoms with Crippen LogP contribution in [0, 0.1) is 52.3 Å². The van der Waals surface area contributed by atoms with Crippen LogP contribution in [0.5, 0.6) is 0 Å². The van der Waals surface area contributed by atoms with Gasteiger partial charge in [-0.2, -0.15) is 5.26 Å². The van der Waals surface area contributed by atoms with Crippen LogP contribution in [0.15, 0.2) is 0 Å². The molecule has 0 amide bonds. The van der Waals surface area contributed by atoms with Gasteiger partial charge in [0.25, 0.3) is 0 Å². The minimum atomic E-state index is -0.557. The molecule has 2 heterocycles. The quantitative estimate of drug-likeness (QED) is 0.374. The van der Waals surface area contributed by atoms with E-state index in [4.69, 9.17) is 0 Å². The van der Waals surface area contributed by atoms with Crippen molar-refractivity contribution in [1.29, 1.82) is 5.26 Å². The Kier molecular flexibility index (Phi) is 8.40. The Morgan fingerprint density at radius 2 is 1.50 bits per heavy atom. The Bertz CT molecular complexity index is 826. The van der Waals surface area contributed by atoms with Crippen molar-refractivity contribution in [2.75, 3.05) is 6.54 Å². The van der Waals surface area contributed by atoms with E-state index in [1.54, 1.807) is 0 Å². The molecule has 4 aliphatic carbocycles. The number of halogens is 1. The van der Waals surface area contributed by atoms with Gasteiger partial charge in [-0.05, 0) is 133 Å². The molecule has 6 heteroatoms. The maximum Gasteiger partial charge on any atom is 0.100 e. The maximum atomic E-state index is 13.6. The van der Waals surface area contributed by atoms with Gasteiger partial charge in [0, 0.05) is 36.8 Å². The monoisotopic (exact) mass is 527 g/mol. The molecule has 8 unspecified atom stereocenters. The van der Waals surface area contributed by atoms with E-state index in [9.17, 15) is 9.65 Å². The molecule has 6 rings (SSSR count). The van der Waals surface area contributed by atoms with Crippen LogP contribution in [0.3, 0.4) is 0 Å². The van der Waals surface area contributed by atoms with E-state index >= 15 is 0 Å². The summed E-state index contributed by atoms with van der Waals surface area (Å²) in [5.74, 6) is 4.55. The van der Waals surface area contributed by atoms with Crippen LogP contribution in [0.2, 0.25) is 0 Å². The van der Waals surface area contributed by atoms with Crippen LogP contribution in [-0.2, 0) is 0 Å². The van der Waals surface area contributed by atoms with Crippen molar-refractivity contribution < 1.29 is 4.39 Å². The number of hydrogen-bond acceptors (Lipinski definition) is 5. The van der Waals surface area contributed by atoms with Crippen LogP contribution in [-0.4, -0.2) is 42.9 Å². The summed E-state index contributed by atoms with van der Waals surface area (Å²) in [4.78, 5) is 0. The van der Waals surface area contributed by atoms with Gasteiger partial charge < -0.3 is 10.6 Å². The van der Waals surface area contributed by atoms with E-state index in [1.165, 1.54) is 70.6 Å². The second-order valence-corrected chi connectivity index (χ2v) is 14.9. The van der Waals surface area contributed by atoms with Crippen LogP contribution >= 0.6 is 0 Å². The zero-order chi connectivity index (χ0) is 26.3. The molecule has 0 aromatic heterocycles. The van der Waals surface area contributed by atoms with Gasteiger partial charge in [0.15, 0.2) is 0 Å². The number of alkyl halides is 1. The zero-order valence-corrected chi connectivity index (χ0v) is 24.1. The summed E-state index contributed by atoms with van der Waals surface area (Å²) in [6, 6.07) is 5.63. The van der Waals surface area contributed by atoms with Crippen LogP contribution in [0.25, 0.3) is 0 Å². The van der Waals surface area contributed by atoms with Gasteiger partial charge in [0.05, 0.1) is 11.5 Å². The van der Waals surface area contributed by atoms with E-state index in [2.05, 4.69) is 41.4 Å². The Balaban J connectivity index is 1.07. The fraction of sp³-hybridized carbons (Fsp3) is 0.969. The molecule has 5 nitrogen and oxygen atoms in total. The van der Waals surface area contributed by atoms with Crippen molar-refractivity contribution in [2.45, 2.75) is 147 Å². The molecule has 0 bridgehead atoms. The Hall–Kier alpha value is -0.740. The number of hydrazine groups is 1. The summed E-state index contributed by atoms with van der Waals surface area (Å²) in [7, 11) is 0. The highest BCUT2D eigenvalue weighted by molar-refractivity contribution is 5.08. The third kappa shape index (κ3) is 5.69. The fourth-order valence-corrected chi connectivity index (χ4v) is 10.1. The minimum Gasteiger partial charge on any atom is -0.312 e. The van der Waals surface area contributed by atoms with Crippen molar-refractivity contribution in [2.24, 2.45) is 40.9 Å². The van der Waals surface area contributed by atoms with Crippen molar-refractivity contribution in [3.63, 3.8) is 0 Å². The first-order valence-electron chi connectivity index (χ1n) is 16.5. The second-order valence-electron chi connectivity index (χ2n) is 14.9. The van der Waals surface area contributed by atoms with Crippen molar-refractivity contribution in [3.05, 3.63) is 0 Å². The van der Waals surface area contributed by atoms with Crippen molar-refractivity contribution >= 4 is 0 Å². The van der Waals surface area contributed by atoms with Gasteiger partial charge >= 0.3 is 0 Å². The average molecular weight is 528 g/mol. The Morgan fingerprint density at radius 1 is 0.763 bits per heavy atom. The smallest absolute Gasteiger partial charge is 0.100 e. The number of piperidine rings is 1. The largest absolute Gasteiger partial charge is 0.312 e. The van der Waals surface area contributed by atoms with E-state index in [0.717, 1.165) is 61.8 Å². The first-order valence-corrected chi connectivity index (χ1v) is 16.5. The topological polar surface area (TPSA) is 71.9 Å². The molecule has 0 aromatic rings. The molecule has 0 spiro atoms. The second kappa shape index (κ2) is 11.6. The van der Waals surface area contributed by atoms with E-state index < -0.39 is 6.17 Å². The molecule has 214 valence electrons. The van der Waals surface area contributed by atoms with Gasteiger partial charge in [-0.15, -0.1) is 0 Å². The third-order valence-corrected chi connectivity index (χ3v) is 12.4. The van der Waals surface area contributed by atoms with Crippen LogP contribution in [0.1, 0.15) is 110 Å². The summed E-state index contributed by atoms with van der Waals surface area (Å²) >= 11 is 0. The summed E-state index contributed by atoms with van der Waals surface area (Å²) < 4.78 is 13.6. The molecule has 0 aromatic carbocycles. The number of hydrogen-bond donors (Lipinski definition) is 4. The normalized spacial score (nSPS) is 48.1.